The summed E-state index contributed by atoms with van der Waals surface area (Å²) in [6, 6.07) is 7.92. The third kappa shape index (κ3) is 3.10. The van der Waals surface area contributed by atoms with Crippen LogP contribution in [-0.2, 0) is 13.6 Å². The van der Waals surface area contributed by atoms with Gasteiger partial charge in [0, 0.05) is 43.3 Å². The van der Waals surface area contributed by atoms with E-state index in [1.807, 2.05) is 25.1 Å². The number of rotatable bonds is 4. The molecule has 2 N–H and O–H groups in total. The normalized spacial score (nSPS) is 10.5. The average Bonchev–Trinajstić information content (AvgIpc) is 2.72. The van der Waals surface area contributed by atoms with Crippen LogP contribution in [0.3, 0.4) is 0 Å². The number of carbonyl (C=O) groups is 1. The van der Waals surface area contributed by atoms with Crippen molar-refractivity contribution in [2.75, 3.05) is 12.4 Å². The van der Waals surface area contributed by atoms with Gasteiger partial charge in [0.15, 0.2) is 0 Å². The maximum atomic E-state index is 11.6. The van der Waals surface area contributed by atoms with E-state index in [1.165, 1.54) is 17.0 Å². The molecule has 112 valence electrons. The summed E-state index contributed by atoms with van der Waals surface area (Å²) in [5.74, 6) is -0.0563. The monoisotopic (exact) mass is 285 g/mol. The highest BCUT2D eigenvalue weighted by Crippen LogP contribution is 2.19. The predicted molar refractivity (Wildman–Crippen MR) is 86.8 cm³/mol. The smallest absolute Gasteiger partial charge is 0.251 e. The minimum Gasteiger partial charge on any atom is -0.381 e. The second-order valence-electron chi connectivity index (χ2n) is 5.42. The summed E-state index contributed by atoms with van der Waals surface area (Å²) < 4.78 is 2.19. The van der Waals surface area contributed by atoms with E-state index in [9.17, 15) is 4.79 Å². The first-order valence-electron chi connectivity index (χ1n) is 7.12. The van der Waals surface area contributed by atoms with Gasteiger partial charge in [-0.15, -0.1) is 0 Å². The van der Waals surface area contributed by atoms with Gasteiger partial charge in [0.1, 0.15) is 0 Å². The summed E-state index contributed by atoms with van der Waals surface area (Å²) in [5.41, 5.74) is 6.65. The van der Waals surface area contributed by atoms with E-state index in [2.05, 4.69) is 42.2 Å². The molecule has 0 aliphatic heterocycles. The SMILES string of the molecule is CNC(=O)c1ccc(NCc2cc(C)n(C)c2C)c(C)c1. The highest BCUT2D eigenvalue weighted by atomic mass is 16.1. The Balaban J connectivity index is 2.13. The van der Waals surface area contributed by atoms with Gasteiger partial charge in [-0.05, 0) is 56.2 Å². The van der Waals surface area contributed by atoms with Gasteiger partial charge in [-0.1, -0.05) is 0 Å². The molecule has 1 aromatic heterocycles. The molecule has 4 nitrogen and oxygen atoms in total. The second kappa shape index (κ2) is 6.04. The molecule has 1 heterocycles. The lowest BCUT2D eigenvalue weighted by atomic mass is 10.1. The molecule has 1 amide bonds. The minimum atomic E-state index is -0.0563. The molecule has 21 heavy (non-hydrogen) atoms. The molecule has 2 aromatic rings. The number of benzene rings is 1. The molecule has 0 saturated heterocycles. The molecular formula is C17H23N3O. The van der Waals surface area contributed by atoms with Crippen molar-refractivity contribution in [1.29, 1.82) is 0 Å². The third-order valence-corrected chi connectivity index (χ3v) is 4.06. The average molecular weight is 285 g/mol. The number of nitrogens with zero attached hydrogens (tertiary/aromatic N) is 1. The zero-order valence-electron chi connectivity index (χ0n) is 13.4. The maximum absolute atomic E-state index is 11.6. The van der Waals surface area contributed by atoms with Crippen molar-refractivity contribution >= 4 is 11.6 Å². The van der Waals surface area contributed by atoms with E-state index in [-0.39, 0.29) is 5.91 Å². The molecule has 1 aromatic carbocycles. The molecule has 0 spiro atoms. The highest BCUT2D eigenvalue weighted by Gasteiger charge is 2.08. The largest absolute Gasteiger partial charge is 0.381 e. The van der Waals surface area contributed by atoms with Crippen molar-refractivity contribution in [2.45, 2.75) is 27.3 Å². The molecule has 0 aliphatic rings. The first-order valence-corrected chi connectivity index (χ1v) is 7.12. The Hall–Kier alpha value is -2.23. The Kier molecular flexibility index (Phi) is 4.36. The van der Waals surface area contributed by atoms with Crippen molar-refractivity contribution in [3.8, 4) is 0 Å². The van der Waals surface area contributed by atoms with Gasteiger partial charge in [-0.25, -0.2) is 0 Å². The van der Waals surface area contributed by atoms with E-state index in [4.69, 9.17) is 0 Å². The minimum absolute atomic E-state index is 0.0563. The van der Waals surface area contributed by atoms with Gasteiger partial charge >= 0.3 is 0 Å². The van der Waals surface area contributed by atoms with E-state index in [1.54, 1.807) is 7.05 Å². The third-order valence-electron chi connectivity index (χ3n) is 4.06. The number of hydrogen-bond acceptors (Lipinski definition) is 2. The zero-order valence-corrected chi connectivity index (χ0v) is 13.4. The molecular weight excluding hydrogens is 262 g/mol. The van der Waals surface area contributed by atoms with Crippen molar-refractivity contribution in [2.24, 2.45) is 7.05 Å². The topological polar surface area (TPSA) is 46.1 Å². The van der Waals surface area contributed by atoms with Crippen molar-refractivity contribution in [3.63, 3.8) is 0 Å². The first kappa shape index (κ1) is 15.2. The summed E-state index contributed by atoms with van der Waals surface area (Å²) in [6.07, 6.45) is 0. The van der Waals surface area contributed by atoms with E-state index in [0.717, 1.165) is 17.8 Å². The summed E-state index contributed by atoms with van der Waals surface area (Å²) in [6.45, 7) is 7.04. The molecule has 4 heteroatoms. The van der Waals surface area contributed by atoms with Crippen LogP contribution in [0.4, 0.5) is 5.69 Å². The van der Waals surface area contributed by atoms with Crippen LogP contribution in [0.5, 0.6) is 0 Å². The lowest BCUT2D eigenvalue weighted by molar-refractivity contribution is 0.0963. The maximum Gasteiger partial charge on any atom is 0.251 e. The lowest BCUT2D eigenvalue weighted by Gasteiger charge is -2.11. The molecule has 0 unspecified atom stereocenters. The Morgan fingerprint density at radius 2 is 1.90 bits per heavy atom. The zero-order chi connectivity index (χ0) is 15.6. The van der Waals surface area contributed by atoms with Gasteiger partial charge in [0.05, 0.1) is 0 Å². The van der Waals surface area contributed by atoms with Gasteiger partial charge < -0.3 is 15.2 Å². The predicted octanol–water partition coefficient (Wildman–Crippen LogP) is 2.92. The molecule has 0 aliphatic carbocycles. The van der Waals surface area contributed by atoms with Gasteiger partial charge in [-0.2, -0.15) is 0 Å². The van der Waals surface area contributed by atoms with Gasteiger partial charge in [-0.3, -0.25) is 4.79 Å². The van der Waals surface area contributed by atoms with Crippen LogP contribution in [0.1, 0.15) is 32.9 Å². The molecule has 0 saturated carbocycles. The van der Waals surface area contributed by atoms with Crippen LogP contribution in [0.15, 0.2) is 24.3 Å². The Morgan fingerprint density at radius 3 is 2.43 bits per heavy atom. The number of aryl methyl sites for hydroxylation is 2. The first-order chi connectivity index (χ1) is 9.93. The number of anilines is 1. The number of aromatic nitrogens is 1. The van der Waals surface area contributed by atoms with E-state index in [0.29, 0.717) is 5.56 Å². The van der Waals surface area contributed by atoms with Crippen molar-refractivity contribution in [3.05, 3.63) is 52.3 Å². The van der Waals surface area contributed by atoms with Crippen LogP contribution in [0.2, 0.25) is 0 Å². The Bertz CT molecular complexity index is 671. The lowest BCUT2D eigenvalue weighted by Crippen LogP contribution is -2.17. The van der Waals surface area contributed by atoms with Gasteiger partial charge in [0.25, 0.3) is 5.91 Å². The fourth-order valence-electron chi connectivity index (χ4n) is 2.45. The van der Waals surface area contributed by atoms with Gasteiger partial charge in [0.2, 0.25) is 0 Å². The molecule has 0 fully saturated rings. The summed E-state index contributed by atoms with van der Waals surface area (Å²) >= 11 is 0. The quantitative estimate of drug-likeness (QED) is 0.907. The summed E-state index contributed by atoms with van der Waals surface area (Å²) in [5, 5.41) is 6.09. The standard InChI is InChI=1S/C17H23N3O/c1-11-8-14(17(21)18-4)6-7-16(11)19-10-15-9-12(2)20(5)13(15)3/h6-9,19H,10H2,1-5H3,(H,18,21). The highest BCUT2D eigenvalue weighted by molar-refractivity contribution is 5.94. The summed E-state index contributed by atoms with van der Waals surface area (Å²) in [7, 11) is 3.72. The van der Waals surface area contributed by atoms with Crippen LogP contribution in [0.25, 0.3) is 0 Å². The number of hydrogen-bond donors (Lipinski definition) is 2. The number of amides is 1. The molecule has 0 radical (unpaired) electrons. The van der Waals surface area contributed by atoms with E-state index >= 15 is 0 Å². The number of nitrogens with one attached hydrogen (secondary N) is 2. The number of carbonyl (C=O) groups excluding carboxylic acids is 1. The van der Waals surface area contributed by atoms with Crippen molar-refractivity contribution in [1.82, 2.24) is 9.88 Å². The molecule has 0 bridgehead atoms. The fourth-order valence-corrected chi connectivity index (χ4v) is 2.45. The van der Waals surface area contributed by atoms with Crippen LogP contribution < -0.4 is 10.6 Å². The van der Waals surface area contributed by atoms with Crippen LogP contribution in [-0.4, -0.2) is 17.5 Å². The molecule has 2 rings (SSSR count). The fraction of sp³-hybridized carbons (Fsp3) is 0.353. The van der Waals surface area contributed by atoms with Crippen LogP contribution >= 0.6 is 0 Å². The second-order valence-corrected chi connectivity index (χ2v) is 5.42. The van der Waals surface area contributed by atoms with Crippen LogP contribution in [0, 0.1) is 20.8 Å². The summed E-state index contributed by atoms with van der Waals surface area (Å²) in [4.78, 5) is 11.6. The Morgan fingerprint density at radius 1 is 1.19 bits per heavy atom. The van der Waals surface area contributed by atoms with Crippen molar-refractivity contribution < 1.29 is 4.79 Å². The Labute approximate surface area is 126 Å². The molecule has 0 atom stereocenters. The van der Waals surface area contributed by atoms with E-state index < -0.39 is 0 Å².